The van der Waals surface area contributed by atoms with Gasteiger partial charge in [0.1, 0.15) is 5.82 Å². The largest absolute Gasteiger partial charge is 0.368 e. The number of hydrogen-bond donors (Lipinski definition) is 1. The van der Waals surface area contributed by atoms with Gasteiger partial charge in [0.05, 0.1) is 5.56 Å². The summed E-state index contributed by atoms with van der Waals surface area (Å²) < 4.78 is 14.6. The van der Waals surface area contributed by atoms with Crippen molar-refractivity contribution in [2.75, 3.05) is 5.73 Å². The smallest absolute Gasteiger partial charge is 0.284 e. The van der Waals surface area contributed by atoms with E-state index in [-0.39, 0.29) is 17.3 Å². The molecule has 3 rings (SSSR count). The van der Waals surface area contributed by atoms with Crippen LogP contribution in [0.1, 0.15) is 10.4 Å². The van der Waals surface area contributed by atoms with E-state index in [4.69, 9.17) is 17.3 Å². The van der Waals surface area contributed by atoms with E-state index in [1.54, 1.807) is 30.3 Å². The van der Waals surface area contributed by atoms with Gasteiger partial charge in [-0.1, -0.05) is 23.7 Å². The minimum Gasteiger partial charge on any atom is -0.368 e. The van der Waals surface area contributed by atoms with E-state index in [1.807, 2.05) is 0 Å². The maximum atomic E-state index is 13.7. The normalized spacial score (nSPS) is 10.6. The fraction of sp³-hybridized carbons (Fsp3) is 0. The van der Waals surface area contributed by atoms with Crippen LogP contribution in [0.3, 0.4) is 0 Å². The molecule has 0 aliphatic carbocycles. The van der Waals surface area contributed by atoms with Gasteiger partial charge in [-0.25, -0.2) is 4.39 Å². The minimum atomic E-state index is -0.677. The van der Waals surface area contributed by atoms with E-state index in [1.165, 1.54) is 18.2 Å². The number of aromatic nitrogens is 3. The number of nitrogens with two attached hydrogens (primary N) is 1. The van der Waals surface area contributed by atoms with E-state index in [2.05, 4.69) is 10.1 Å². The first-order valence-corrected chi connectivity index (χ1v) is 6.72. The number of hydrogen-bond acceptors (Lipinski definition) is 4. The summed E-state index contributed by atoms with van der Waals surface area (Å²) in [7, 11) is 0. The van der Waals surface area contributed by atoms with Crippen molar-refractivity contribution in [1.29, 1.82) is 0 Å². The minimum absolute atomic E-state index is 0.113. The van der Waals surface area contributed by atoms with Crippen molar-refractivity contribution in [1.82, 2.24) is 14.8 Å². The van der Waals surface area contributed by atoms with Crippen molar-refractivity contribution in [2.24, 2.45) is 0 Å². The lowest BCUT2D eigenvalue weighted by atomic mass is 10.2. The molecule has 0 atom stereocenters. The number of carbonyl (C=O) groups excluding carboxylic acids is 1. The monoisotopic (exact) mass is 316 g/mol. The molecule has 0 bridgehead atoms. The summed E-state index contributed by atoms with van der Waals surface area (Å²) in [6.07, 6.45) is 0. The number of carbonyl (C=O) groups is 1. The van der Waals surface area contributed by atoms with Gasteiger partial charge in [-0.15, -0.1) is 5.10 Å². The van der Waals surface area contributed by atoms with E-state index < -0.39 is 11.7 Å². The van der Waals surface area contributed by atoms with Crippen molar-refractivity contribution < 1.29 is 9.18 Å². The highest BCUT2D eigenvalue weighted by atomic mass is 35.5. The first-order valence-electron chi connectivity index (χ1n) is 6.34. The summed E-state index contributed by atoms with van der Waals surface area (Å²) in [5.41, 5.74) is 6.24. The molecule has 1 aromatic heterocycles. The van der Waals surface area contributed by atoms with Crippen LogP contribution in [-0.4, -0.2) is 20.7 Å². The Bertz CT molecular complexity index is 845. The van der Waals surface area contributed by atoms with Crippen LogP contribution in [0.2, 0.25) is 5.02 Å². The third kappa shape index (κ3) is 2.56. The van der Waals surface area contributed by atoms with Crippen molar-refractivity contribution in [2.45, 2.75) is 0 Å². The third-order valence-corrected chi connectivity index (χ3v) is 3.28. The van der Waals surface area contributed by atoms with Gasteiger partial charge >= 0.3 is 0 Å². The van der Waals surface area contributed by atoms with Gasteiger partial charge in [-0.3, -0.25) is 4.79 Å². The van der Waals surface area contributed by atoms with Crippen molar-refractivity contribution in [3.8, 4) is 11.4 Å². The van der Waals surface area contributed by atoms with E-state index in [0.717, 1.165) is 4.68 Å². The van der Waals surface area contributed by atoms with E-state index >= 15 is 0 Å². The van der Waals surface area contributed by atoms with Gasteiger partial charge in [0, 0.05) is 10.6 Å². The molecule has 2 aromatic carbocycles. The first-order chi connectivity index (χ1) is 10.6. The molecule has 0 spiro atoms. The molecule has 0 aliphatic rings. The Labute approximate surface area is 130 Å². The lowest BCUT2D eigenvalue weighted by Gasteiger charge is -2.02. The summed E-state index contributed by atoms with van der Waals surface area (Å²) in [4.78, 5) is 16.3. The lowest BCUT2D eigenvalue weighted by molar-refractivity contribution is 0.0944. The zero-order chi connectivity index (χ0) is 15.7. The molecule has 110 valence electrons. The molecule has 3 aromatic rings. The summed E-state index contributed by atoms with van der Waals surface area (Å²) in [5, 5.41) is 4.62. The zero-order valence-corrected chi connectivity index (χ0v) is 12.0. The van der Waals surface area contributed by atoms with Crippen LogP contribution in [0.5, 0.6) is 0 Å². The topological polar surface area (TPSA) is 73.8 Å². The van der Waals surface area contributed by atoms with Crippen LogP contribution in [0, 0.1) is 5.82 Å². The summed E-state index contributed by atoms with van der Waals surface area (Å²) in [6.45, 7) is 0. The standard InChI is InChI=1S/C15H10ClFN4O/c16-10-7-5-9(6-8-10)13-19-15(18)21(20-13)14(22)11-3-1-2-4-12(11)17/h1-8H,(H2,18,19,20). The Balaban J connectivity index is 2.01. The number of nitrogens with zero attached hydrogens (tertiary/aromatic N) is 3. The summed E-state index contributed by atoms with van der Waals surface area (Å²) in [6, 6.07) is 12.4. The van der Waals surface area contributed by atoms with Gasteiger partial charge in [0.2, 0.25) is 5.95 Å². The van der Waals surface area contributed by atoms with Crippen LogP contribution in [0.15, 0.2) is 48.5 Å². The molecule has 7 heteroatoms. The highest BCUT2D eigenvalue weighted by Crippen LogP contribution is 2.20. The highest BCUT2D eigenvalue weighted by molar-refractivity contribution is 6.30. The molecular formula is C15H10ClFN4O. The maximum absolute atomic E-state index is 13.7. The highest BCUT2D eigenvalue weighted by Gasteiger charge is 2.19. The molecule has 1 heterocycles. The third-order valence-electron chi connectivity index (χ3n) is 3.03. The second kappa shape index (κ2) is 5.57. The molecule has 0 radical (unpaired) electrons. The predicted octanol–water partition coefficient (Wildman–Crippen LogP) is 3.01. The van der Waals surface area contributed by atoms with Crippen LogP contribution < -0.4 is 5.73 Å². The SMILES string of the molecule is Nc1nc(-c2ccc(Cl)cc2)nn1C(=O)c1ccccc1F. The number of rotatable bonds is 2. The quantitative estimate of drug-likeness (QED) is 0.788. The maximum Gasteiger partial charge on any atom is 0.284 e. The van der Waals surface area contributed by atoms with Gasteiger partial charge in [0.25, 0.3) is 5.91 Å². The van der Waals surface area contributed by atoms with Gasteiger partial charge in [-0.2, -0.15) is 9.67 Å². The van der Waals surface area contributed by atoms with E-state index in [9.17, 15) is 9.18 Å². The molecule has 0 fully saturated rings. The van der Waals surface area contributed by atoms with Gasteiger partial charge in [0.15, 0.2) is 5.82 Å². The Morgan fingerprint density at radius 3 is 2.50 bits per heavy atom. The Morgan fingerprint density at radius 2 is 1.82 bits per heavy atom. The van der Waals surface area contributed by atoms with Gasteiger partial charge < -0.3 is 5.73 Å². The van der Waals surface area contributed by atoms with Crippen LogP contribution in [0.25, 0.3) is 11.4 Å². The molecule has 0 unspecified atom stereocenters. The first kappa shape index (κ1) is 14.2. The summed E-state index contributed by atoms with van der Waals surface area (Å²) in [5.74, 6) is -1.17. The molecule has 2 N–H and O–H groups in total. The number of halogens is 2. The average molecular weight is 317 g/mol. The van der Waals surface area contributed by atoms with Crippen LogP contribution in [0.4, 0.5) is 10.3 Å². The number of anilines is 1. The second-order valence-corrected chi connectivity index (χ2v) is 4.93. The Hall–Kier alpha value is -2.73. The Morgan fingerprint density at radius 1 is 1.14 bits per heavy atom. The molecular weight excluding hydrogens is 307 g/mol. The van der Waals surface area contributed by atoms with E-state index in [0.29, 0.717) is 10.6 Å². The van der Waals surface area contributed by atoms with Gasteiger partial charge in [-0.05, 0) is 36.4 Å². The molecule has 0 amide bonds. The van der Waals surface area contributed by atoms with Crippen molar-refractivity contribution in [3.63, 3.8) is 0 Å². The Kier molecular flexibility index (Phi) is 3.60. The average Bonchev–Trinajstić information content (AvgIpc) is 2.90. The number of nitrogen functional groups attached to an aromatic ring is 1. The molecule has 22 heavy (non-hydrogen) atoms. The second-order valence-electron chi connectivity index (χ2n) is 4.50. The molecule has 5 nitrogen and oxygen atoms in total. The molecule has 0 saturated heterocycles. The fourth-order valence-corrected chi connectivity index (χ4v) is 2.07. The van der Waals surface area contributed by atoms with Crippen molar-refractivity contribution in [3.05, 3.63) is 64.9 Å². The van der Waals surface area contributed by atoms with Crippen LogP contribution in [-0.2, 0) is 0 Å². The lowest BCUT2D eigenvalue weighted by Crippen LogP contribution is -2.17. The predicted molar refractivity (Wildman–Crippen MR) is 81.0 cm³/mol. The molecule has 0 saturated carbocycles. The van der Waals surface area contributed by atoms with Crippen LogP contribution >= 0.6 is 11.6 Å². The fourth-order valence-electron chi connectivity index (χ4n) is 1.94. The number of benzene rings is 2. The molecule has 0 aliphatic heterocycles. The van der Waals surface area contributed by atoms with Crippen molar-refractivity contribution >= 4 is 23.5 Å². The zero-order valence-electron chi connectivity index (χ0n) is 11.2. The summed E-state index contributed by atoms with van der Waals surface area (Å²) >= 11 is 5.82.